The Morgan fingerprint density at radius 2 is 1.87 bits per heavy atom. The van der Waals surface area contributed by atoms with Crippen molar-refractivity contribution in [2.24, 2.45) is 7.05 Å². The van der Waals surface area contributed by atoms with E-state index in [4.69, 9.17) is 9.47 Å². The predicted molar refractivity (Wildman–Crippen MR) is 118 cm³/mol. The molecule has 0 aliphatic heterocycles. The second-order valence-electron chi connectivity index (χ2n) is 7.01. The van der Waals surface area contributed by atoms with Crippen molar-refractivity contribution >= 4 is 17.4 Å². The first-order valence-corrected chi connectivity index (χ1v) is 9.58. The molecule has 0 aliphatic carbocycles. The molecule has 0 bridgehead atoms. The maximum atomic E-state index is 12.5. The van der Waals surface area contributed by atoms with Gasteiger partial charge in [0.15, 0.2) is 0 Å². The van der Waals surface area contributed by atoms with E-state index in [1.165, 1.54) is 0 Å². The van der Waals surface area contributed by atoms with Crippen LogP contribution in [-0.4, -0.2) is 55.1 Å². The van der Waals surface area contributed by atoms with Gasteiger partial charge < -0.3 is 25.0 Å². The van der Waals surface area contributed by atoms with Gasteiger partial charge in [0.25, 0.3) is 0 Å². The molecule has 8 nitrogen and oxygen atoms in total. The van der Waals surface area contributed by atoms with Crippen LogP contribution in [0.3, 0.4) is 0 Å². The minimum absolute atomic E-state index is 0.347. The zero-order chi connectivity index (χ0) is 21.5. The third-order valence-electron chi connectivity index (χ3n) is 4.46. The van der Waals surface area contributed by atoms with E-state index >= 15 is 0 Å². The topological polar surface area (TPSA) is 80.7 Å². The highest BCUT2D eigenvalue weighted by Gasteiger charge is 2.13. The van der Waals surface area contributed by atoms with Gasteiger partial charge in [0.1, 0.15) is 18.1 Å². The first kappa shape index (κ1) is 21.2. The smallest absolute Gasteiger partial charge is 0.323 e. The third-order valence-corrected chi connectivity index (χ3v) is 4.46. The lowest BCUT2D eigenvalue weighted by Crippen LogP contribution is -2.20. The van der Waals surface area contributed by atoms with E-state index in [0.29, 0.717) is 23.7 Å². The Kier molecular flexibility index (Phi) is 6.92. The molecule has 2 amide bonds. The molecule has 0 unspecified atom stereocenters. The molecule has 0 radical (unpaired) electrons. The zero-order valence-corrected chi connectivity index (χ0v) is 17.7. The van der Waals surface area contributed by atoms with Gasteiger partial charge >= 0.3 is 6.03 Å². The lowest BCUT2D eigenvalue weighted by Gasteiger charge is -2.16. The molecule has 1 heterocycles. The van der Waals surface area contributed by atoms with Crippen molar-refractivity contribution in [2.45, 2.75) is 0 Å². The molecule has 1 aromatic heterocycles. The Hall–Kier alpha value is -3.52. The van der Waals surface area contributed by atoms with Gasteiger partial charge in [-0.05, 0) is 50.5 Å². The van der Waals surface area contributed by atoms with E-state index in [-0.39, 0.29) is 6.03 Å². The molecule has 3 rings (SSSR count). The van der Waals surface area contributed by atoms with Crippen molar-refractivity contribution < 1.29 is 14.3 Å². The van der Waals surface area contributed by atoms with Crippen LogP contribution in [0.15, 0.2) is 54.7 Å². The van der Waals surface area contributed by atoms with E-state index in [9.17, 15) is 4.79 Å². The Morgan fingerprint density at radius 3 is 2.53 bits per heavy atom. The fraction of sp³-hybridized carbons (Fsp3) is 0.273. The lowest BCUT2D eigenvalue weighted by atomic mass is 10.1. The summed E-state index contributed by atoms with van der Waals surface area (Å²) in [7, 11) is 7.45. The van der Waals surface area contributed by atoms with Crippen LogP contribution >= 0.6 is 0 Å². The second kappa shape index (κ2) is 9.80. The first-order valence-electron chi connectivity index (χ1n) is 9.58. The molecule has 0 spiro atoms. The maximum Gasteiger partial charge on any atom is 0.323 e. The number of aryl methyl sites for hydroxylation is 1. The number of rotatable bonds is 8. The minimum Gasteiger partial charge on any atom is -0.497 e. The Labute approximate surface area is 176 Å². The van der Waals surface area contributed by atoms with Crippen LogP contribution in [-0.2, 0) is 7.05 Å². The zero-order valence-electron chi connectivity index (χ0n) is 17.7. The maximum absolute atomic E-state index is 12.5. The van der Waals surface area contributed by atoms with Crippen LogP contribution in [0.25, 0.3) is 11.3 Å². The SMILES string of the molecule is COc1cccc(NC(=O)Nc2ccc(OCCN(C)C)c(-c3ccnn3C)c2)c1. The van der Waals surface area contributed by atoms with Gasteiger partial charge in [0, 0.05) is 42.8 Å². The standard InChI is InChI=1S/C22H27N5O3/c1-26(2)12-13-30-21-9-8-17(15-19(21)20-10-11-23-27(20)3)25-22(28)24-16-6-5-7-18(14-16)29-4/h5-11,14-15H,12-13H2,1-4H3,(H2,24,25,28). The molecule has 2 N–H and O–H groups in total. The van der Waals surface area contributed by atoms with Crippen LogP contribution < -0.4 is 20.1 Å². The number of carbonyl (C=O) groups is 1. The van der Waals surface area contributed by atoms with Gasteiger partial charge in [-0.1, -0.05) is 6.07 Å². The third kappa shape index (κ3) is 5.51. The molecule has 158 valence electrons. The van der Waals surface area contributed by atoms with Gasteiger partial charge in [-0.3, -0.25) is 4.68 Å². The average Bonchev–Trinajstić information content (AvgIpc) is 3.14. The number of ether oxygens (including phenoxy) is 2. The number of anilines is 2. The summed E-state index contributed by atoms with van der Waals surface area (Å²) < 4.78 is 12.9. The summed E-state index contributed by atoms with van der Waals surface area (Å²) in [6.45, 7) is 1.36. The van der Waals surface area contributed by atoms with Crippen molar-refractivity contribution in [2.75, 3.05) is 45.0 Å². The number of nitrogens with zero attached hydrogens (tertiary/aromatic N) is 3. The molecule has 0 fully saturated rings. The summed E-state index contributed by atoms with van der Waals surface area (Å²) in [5.74, 6) is 1.41. The number of urea groups is 1. The molecule has 30 heavy (non-hydrogen) atoms. The lowest BCUT2D eigenvalue weighted by molar-refractivity contribution is 0.261. The average molecular weight is 409 g/mol. The molecule has 3 aromatic rings. The highest BCUT2D eigenvalue weighted by molar-refractivity contribution is 6.00. The van der Waals surface area contributed by atoms with Gasteiger partial charge in [-0.25, -0.2) is 4.79 Å². The van der Waals surface area contributed by atoms with Crippen LogP contribution in [0.5, 0.6) is 11.5 Å². The van der Waals surface area contributed by atoms with Gasteiger partial charge in [-0.2, -0.15) is 5.10 Å². The molecule has 0 saturated carbocycles. The summed E-state index contributed by atoms with van der Waals surface area (Å²) in [6.07, 6.45) is 1.73. The van der Waals surface area contributed by atoms with Crippen LogP contribution in [0, 0.1) is 0 Å². The van der Waals surface area contributed by atoms with Crippen molar-refractivity contribution in [3.8, 4) is 22.8 Å². The number of methoxy groups -OCH3 is 1. The molecule has 0 aliphatic rings. The van der Waals surface area contributed by atoms with Crippen LogP contribution in [0.2, 0.25) is 0 Å². The largest absolute Gasteiger partial charge is 0.497 e. The highest BCUT2D eigenvalue weighted by Crippen LogP contribution is 2.32. The van der Waals surface area contributed by atoms with Crippen LogP contribution in [0.4, 0.5) is 16.2 Å². The monoisotopic (exact) mass is 409 g/mol. The van der Waals surface area contributed by atoms with Crippen molar-refractivity contribution in [1.29, 1.82) is 0 Å². The number of aromatic nitrogens is 2. The molecule has 0 atom stereocenters. The molecule has 0 saturated heterocycles. The van der Waals surface area contributed by atoms with E-state index in [1.807, 2.05) is 57.5 Å². The summed E-state index contributed by atoms with van der Waals surface area (Å²) in [5.41, 5.74) is 3.04. The van der Waals surface area contributed by atoms with E-state index in [0.717, 1.165) is 23.6 Å². The Balaban J connectivity index is 1.77. The van der Waals surface area contributed by atoms with Crippen molar-refractivity contribution in [3.05, 3.63) is 54.7 Å². The van der Waals surface area contributed by atoms with Gasteiger partial charge in [-0.15, -0.1) is 0 Å². The van der Waals surface area contributed by atoms with Gasteiger partial charge in [0.05, 0.1) is 12.8 Å². The van der Waals surface area contributed by atoms with Crippen molar-refractivity contribution in [1.82, 2.24) is 14.7 Å². The summed E-state index contributed by atoms with van der Waals surface area (Å²) in [6, 6.07) is 14.3. The molecule has 8 heteroatoms. The highest BCUT2D eigenvalue weighted by atomic mass is 16.5. The summed E-state index contributed by atoms with van der Waals surface area (Å²) in [5, 5.41) is 9.92. The normalized spacial score (nSPS) is 10.7. The van der Waals surface area contributed by atoms with Crippen LogP contribution in [0.1, 0.15) is 0 Å². The number of benzene rings is 2. The number of nitrogens with one attached hydrogen (secondary N) is 2. The first-order chi connectivity index (χ1) is 14.5. The number of amides is 2. The minimum atomic E-state index is -0.347. The van der Waals surface area contributed by atoms with E-state index in [2.05, 4.69) is 20.6 Å². The van der Waals surface area contributed by atoms with E-state index < -0.39 is 0 Å². The number of hydrogen-bond donors (Lipinski definition) is 2. The summed E-state index contributed by atoms with van der Waals surface area (Å²) >= 11 is 0. The fourth-order valence-corrected chi connectivity index (χ4v) is 2.90. The number of carbonyl (C=O) groups excluding carboxylic acids is 1. The molecular weight excluding hydrogens is 382 g/mol. The van der Waals surface area contributed by atoms with Gasteiger partial charge in [0.2, 0.25) is 0 Å². The second-order valence-corrected chi connectivity index (χ2v) is 7.01. The number of likely N-dealkylation sites (N-methyl/N-ethyl adjacent to an activating group) is 1. The predicted octanol–water partition coefficient (Wildman–Crippen LogP) is 3.68. The quantitative estimate of drug-likeness (QED) is 0.593. The molecular formula is C22H27N5O3. The summed E-state index contributed by atoms with van der Waals surface area (Å²) in [4.78, 5) is 14.5. The van der Waals surface area contributed by atoms with E-state index in [1.54, 1.807) is 30.1 Å². The Bertz CT molecular complexity index is 1000. The number of hydrogen-bond acceptors (Lipinski definition) is 5. The van der Waals surface area contributed by atoms with Crippen molar-refractivity contribution in [3.63, 3.8) is 0 Å². The Morgan fingerprint density at radius 1 is 1.10 bits per heavy atom. The fourth-order valence-electron chi connectivity index (χ4n) is 2.90. The molecule has 2 aromatic carbocycles.